The van der Waals surface area contributed by atoms with E-state index in [1.54, 1.807) is 6.20 Å². The van der Waals surface area contributed by atoms with Crippen LogP contribution in [0, 0.1) is 0 Å². The van der Waals surface area contributed by atoms with Crippen molar-refractivity contribution in [1.82, 2.24) is 20.3 Å². The number of benzene rings is 1. The van der Waals surface area contributed by atoms with Crippen molar-refractivity contribution in [2.75, 3.05) is 11.9 Å². The Labute approximate surface area is 181 Å². The topological polar surface area (TPSA) is 109 Å². The lowest BCUT2D eigenvalue weighted by Crippen LogP contribution is -2.33. The van der Waals surface area contributed by atoms with E-state index in [1.807, 2.05) is 48.8 Å². The van der Waals surface area contributed by atoms with Crippen molar-refractivity contribution >= 4 is 11.9 Å². The number of pyridine rings is 1. The average molecular weight is 422 g/mol. The molecule has 162 valence electrons. The van der Waals surface area contributed by atoms with Crippen molar-refractivity contribution in [3.8, 4) is 11.6 Å². The van der Waals surface area contributed by atoms with Crippen molar-refractivity contribution in [1.29, 1.82) is 0 Å². The Kier molecular flexibility index (Phi) is 7.89. The van der Waals surface area contributed by atoms with Crippen molar-refractivity contribution in [2.24, 2.45) is 0 Å². The number of anilines is 1. The van der Waals surface area contributed by atoms with Gasteiger partial charge in [-0.3, -0.25) is 4.79 Å². The monoisotopic (exact) mass is 421 g/mol. The maximum Gasteiger partial charge on any atom is 0.248 e. The number of carbonyl (C=O) groups excluding carboxylic acids is 1. The third-order valence-electron chi connectivity index (χ3n) is 4.60. The number of nitrogens with one attached hydrogen (secondary N) is 2. The van der Waals surface area contributed by atoms with Crippen LogP contribution in [0.4, 0.5) is 5.95 Å². The van der Waals surface area contributed by atoms with Crippen LogP contribution in [0.5, 0.6) is 11.6 Å². The number of nitrogens with zero attached hydrogens (tertiary/aromatic N) is 3. The van der Waals surface area contributed by atoms with Crippen LogP contribution < -0.4 is 15.4 Å². The van der Waals surface area contributed by atoms with Gasteiger partial charge in [-0.25, -0.2) is 15.0 Å². The van der Waals surface area contributed by atoms with Gasteiger partial charge in [0.2, 0.25) is 17.7 Å². The maximum absolute atomic E-state index is 11.4. The summed E-state index contributed by atoms with van der Waals surface area (Å²) in [4.78, 5) is 24.2. The third-order valence-corrected chi connectivity index (χ3v) is 4.60. The van der Waals surface area contributed by atoms with Gasteiger partial charge in [-0.05, 0) is 54.7 Å². The Morgan fingerprint density at radius 1 is 1.06 bits per heavy atom. The van der Waals surface area contributed by atoms with E-state index in [0.717, 1.165) is 23.1 Å². The van der Waals surface area contributed by atoms with Crippen molar-refractivity contribution < 1.29 is 14.6 Å². The summed E-state index contributed by atoms with van der Waals surface area (Å²) in [6.07, 6.45) is 5.92. The Hall–Kier alpha value is -3.52. The van der Waals surface area contributed by atoms with Crippen molar-refractivity contribution in [2.45, 2.75) is 39.3 Å². The Balaban J connectivity index is 1.51. The zero-order valence-electron chi connectivity index (χ0n) is 17.7. The molecule has 1 aromatic carbocycles. The van der Waals surface area contributed by atoms with Crippen molar-refractivity contribution in [3.05, 3.63) is 71.7 Å². The number of amides is 1. The fourth-order valence-electron chi connectivity index (χ4n) is 2.75. The van der Waals surface area contributed by atoms with Gasteiger partial charge in [0.1, 0.15) is 11.9 Å². The molecule has 8 nitrogen and oxygen atoms in total. The number of aryl methyl sites for hydroxylation is 1. The number of aliphatic hydroxyl groups excluding tert-OH is 1. The Bertz CT molecular complexity index is 975. The first-order valence-corrected chi connectivity index (χ1v) is 10.3. The molecule has 0 saturated heterocycles. The summed E-state index contributed by atoms with van der Waals surface area (Å²) in [7, 11) is 0. The minimum absolute atomic E-state index is 0.370. The number of hydrogen-bond acceptors (Lipinski definition) is 7. The first kappa shape index (κ1) is 22.2. The zero-order valence-corrected chi connectivity index (χ0v) is 17.7. The second-order valence-corrected chi connectivity index (χ2v) is 7.09. The van der Waals surface area contributed by atoms with E-state index in [-0.39, 0.29) is 5.91 Å². The van der Waals surface area contributed by atoms with Crippen LogP contribution in [-0.4, -0.2) is 38.6 Å². The third kappa shape index (κ3) is 7.04. The van der Waals surface area contributed by atoms with Gasteiger partial charge in [0.25, 0.3) is 0 Å². The number of rotatable bonds is 10. The van der Waals surface area contributed by atoms with E-state index in [1.165, 1.54) is 6.92 Å². The largest absolute Gasteiger partial charge is 0.439 e. The first-order chi connectivity index (χ1) is 15.0. The number of hydrogen-bond donors (Lipinski definition) is 3. The summed E-state index contributed by atoms with van der Waals surface area (Å²) in [6, 6.07) is 11.4. The van der Waals surface area contributed by atoms with Crippen LogP contribution in [0.3, 0.4) is 0 Å². The van der Waals surface area contributed by atoms with Crippen LogP contribution in [0.25, 0.3) is 0 Å². The molecule has 0 fully saturated rings. The summed E-state index contributed by atoms with van der Waals surface area (Å²) in [5.74, 6) is 1.38. The highest BCUT2D eigenvalue weighted by Gasteiger charge is 2.07. The van der Waals surface area contributed by atoms with Crippen LogP contribution in [-0.2, 0) is 24.2 Å². The molecule has 0 radical (unpaired) electrons. The predicted octanol–water partition coefficient (Wildman–Crippen LogP) is 2.88. The van der Waals surface area contributed by atoms with Gasteiger partial charge < -0.3 is 20.5 Å². The lowest BCUT2D eigenvalue weighted by atomic mass is 10.1. The SMILES string of the molecule is CCc1cnc(NCc2ccnc(Oc3ccc(CCNC(=O)[C@@H](C)O)cc3)c2)nc1. The molecule has 2 heterocycles. The standard InChI is InChI=1S/C23H27N5O3/c1-3-17-13-26-23(27-14-17)28-15-19-9-10-24-21(12-19)31-20-6-4-18(5-7-20)8-11-25-22(30)16(2)29/h4-7,9-10,12-14,16,29H,3,8,11,15H2,1-2H3,(H,25,30)(H,26,27,28)/t16-/m1/s1. The van der Waals surface area contributed by atoms with E-state index in [4.69, 9.17) is 4.74 Å². The van der Waals surface area contributed by atoms with Gasteiger partial charge in [-0.15, -0.1) is 0 Å². The van der Waals surface area contributed by atoms with Gasteiger partial charge in [-0.1, -0.05) is 19.1 Å². The molecule has 3 N–H and O–H groups in total. The van der Waals surface area contributed by atoms with Gasteiger partial charge in [-0.2, -0.15) is 0 Å². The highest BCUT2D eigenvalue weighted by molar-refractivity contribution is 5.79. The second kappa shape index (κ2) is 11.0. The minimum Gasteiger partial charge on any atom is -0.439 e. The van der Waals surface area contributed by atoms with Crippen LogP contribution >= 0.6 is 0 Å². The van der Waals surface area contributed by atoms with E-state index in [9.17, 15) is 9.90 Å². The summed E-state index contributed by atoms with van der Waals surface area (Å²) < 4.78 is 5.86. The molecule has 3 aromatic rings. The first-order valence-electron chi connectivity index (χ1n) is 10.3. The molecule has 3 rings (SSSR count). The molecule has 0 aliphatic rings. The fraction of sp³-hybridized carbons (Fsp3) is 0.304. The molecule has 0 unspecified atom stereocenters. The molecule has 0 aliphatic carbocycles. The van der Waals surface area contributed by atoms with E-state index >= 15 is 0 Å². The normalized spacial score (nSPS) is 11.6. The number of aromatic nitrogens is 3. The van der Waals surface area contributed by atoms with Gasteiger partial charge >= 0.3 is 0 Å². The highest BCUT2D eigenvalue weighted by atomic mass is 16.5. The Morgan fingerprint density at radius 2 is 1.81 bits per heavy atom. The number of ether oxygens (including phenoxy) is 1. The predicted molar refractivity (Wildman–Crippen MR) is 118 cm³/mol. The van der Waals surface area contributed by atoms with Crippen LogP contribution in [0.2, 0.25) is 0 Å². The fourth-order valence-corrected chi connectivity index (χ4v) is 2.75. The molecule has 0 bridgehead atoms. The van der Waals surface area contributed by atoms with E-state index < -0.39 is 6.10 Å². The lowest BCUT2D eigenvalue weighted by Gasteiger charge is -2.09. The van der Waals surface area contributed by atoms with Crippen LogP contribution in [0.15, 0.2) is 55.0 Å². The zero-order chi connectivity index (χ0) is 22.1. The summed E-state index contributed by atoms with van der Waals surface area (Å²) in [5.41, 5.74) is 3.15. The molecular weight excluding hydrogens is 394 g/mol. The summed E-state index contributed by atoms with van der Waals surface area (Å²) >= 11 is 0. The average Bonchev–Trinajstić information content (AvgIpc) is 2.79. The van der Waals surface area contributed by atoms with Gasteiger partial charge in [0.05, 0.1) is 0 Å². The minimum atomic E-state index is -0.997. The molecule has 2 aromatic heterocycles. The van der Waals surface area contributed by atoms with Crippen LogP contribution in [0.1, 0.15) is 30.5 Å². The molecule has 1 amide bonds. The molecule has 1 atom stereocenters. The molecule has 0 aliphatic heterocycles. The highest BCUT2D eigenvalue weighted by Crippen LogP contribution is 2.21. The molecule has 0 spiro atoms. The number of carbonyl (C=O) groups is 1. The Morgan fingerprint density at radius 3 is 2.48 bits per heavy atom. The number of aliphatic hydroxyl groups is 1. The van der Waals surface area contributed by atoms with Gasteiger partial charge in [0, 0.05) is 37.7 Å². The molecule has 31 heavy (non-hydrogen) atoms. The molecular formula is C23H27N5O3. The molecule has 0 saturated carbocycles. The van der Waals surface area contributed by atoms with E-state index in [2.05, 4.69) is 32.5 Å². The molecule has 8 heteroatoms. The summed E-state index contributed by atoms with van der Waals surface area (Å²) in [6.45, 7) is 4.53. The second-order valence-electron chi connectivity index (χ2n) is 7.09. The van der Waals surface area contributed by atoms with Crippen molar-refractivity contribution in [3.63, 3.8) is 0 Å². The maximum atomic E-state index is 11.4. The smallest absolute Gasteiger partial charge is 0.248 e. The quantitative estimate of drug-likeness (QED) is 0.462. The van der Waals surface area contributed by atoms with Gasteiger partial charge in [0.15, 0.2) is 0 Å². The summed E-state index contributed by atoms with van der Waals surface area (Å²) in [5, 5.41) is 15.1. The van der Waals surface area contributed by atoms with E-state index in [0.29, 0.717) is 37.1 Å². The lowest BCUT2D eigenvalue weighted by molar-refractivity contribution is -0.128.